The number of hydrogen-bond acceptors (Lipinski definition) is 3. The Morgan fingerprint density at radius 2 is 1.00 bits per heavy atom. The number of nitrogens with zero attached hydrogens (tertiary/aromatic N) is 2. The lowest BCUT2D eigenvalue weighted by molar-refractivity contribution is -0.669. The summed E-state index contributed by atoms with van der Waals surface area (Å²) in [5.74, 6) is 0. The molecule has 1 aromatic heterocycles. The molecule has 1 aliphatic heterocycles. The van der Waals surface area contributed by atoms with E-state index >= 15 is 0 Å². The van der Waals surface area contributed by atoms with Gasteiger partial charge in [0.15, 0.2) is 6.54 Å². The fraction of sp³-hybridized carbons (Fsp3) is 0.627. The van der Waals surface area contributed by atoms with E-state index in [2.05, 4.69) is 102 Å². The van der Waals surface area contributed by atoms with E-state index in [1.807, 2.05) is 23.1 Å². The first-order valence-corrected chi connectivity index (χ1v) is 25.0. The lowest BCUT2D eigenvalue weighted by atomic mass is 10.0. The van der Waals surface area contributed by atoms with Gasteiger partial charge in [-0.3, -0.25) is 0 Å². The Hall–Kier alpha value is -1.57. The zero-order chi connectivity index (χ0) is 38.4. The van der Waals surface area contributed by atoms with Crippen LogP contribution >= 0.6 is 23.1 Å². The number of para-hydroxylation sites is 2. The molecule has 2 heterocycles. The third kappa shape index (κ3) is 19.5. The standard InChI is InChI=1S/C51H79N2S2.HI/c1-3-5-7-9-11-13-15-17-19-21-23-25-27-36-44-52-46-38-32-34-40-48(46)54-50(52)42-30-29-31-43-51-53(47-39-33-35-41-49(47)55-51)45-37-28-26-24-22-20-18-16-14-12-10-8-6-4-2;/h29-35,38-43H,3-28,36-37,44-45H2,1-2H3;1H/q+1;/p-1. The predicted octanol–water partition coefficient (Wildman–Crippen LogP) is 14.2. The normalized spacial score (nSPS) is 13.5. The number of fused-ring (bicyclic) bond motifs is 2. The summed E-state index contributed by atoms with van der Waals surface area (Å²) in [4.78, 5) is 3.95. The lowest BCUT2D eigenvalue weighted by Gasteiger charge is -2.20. The topological polar surface area (TPSA) is 7.12 Å². The van der Waals surface area contributed by atoms with E-state index in [0.29, 0.717) is 0 Å². The van der Waals surface area contributed by atoms with Crippen LogP contribution < -0.4 is 33.4 Å². The molecule has 0 radical (unpaired) electrons. The number of thioether (sulfide) groups is 1. The van der Waals surface area contributed by atoms with Crippen molar-refractivity contribution in [3.63, 3.8) is 0 Å². The van der Waals surface area contributed by atoms with Gasteiger partial charge in [0.1, 0.15) is 4.70 Å². The summed E-state index contributed by atoms with van der Waals surface area (Å²) in [6.45, 7) is 6.83. The van der Waals surface area contributed by atoms with Gasteiger partial charge in [0.2, 0.25) is 5.52 Å². The number of thiazole rings is 1. The molecular formula is C51H79IN2S2. The molecule has 0 saturated carbocycles. The quantitative estimate of drug-likeness (QED) is 0.0260. The maximum absolute atomic E-state index is 2.56. The van der Waals surface area contributed by atoms with Crippen molar-refractivity contribution in [1.82, 2.24) is 0 Å². The van der Waals surface area contributed by atoms with Crippen LogP contribution in [0.1, 0.15) is 199 Å². The maximum Gasteiger partial charge on any atom is 0.262 e. The number of aryl methyl sites for hydroxylation is 1. The van der Waals surface area contributed by atoms with Gasteiger partial charge in [0, 0.05) is 30.0 Å². The van der Waals surface area contributed by atoms with Crippen molar-refractivity contribution in [2.45, 2.75) is 205 Å². The van der Waals surface area contributed by atoms with Crippen LogP contribution in [0.3, 0.4) is 0 Å². The van der Waals surface area contributed by atoms with Gasteiger partial charge < -0.3 is 28.9 Å². The Bertz CT molecular complexity index is 1510. The van der Waals surface area contributed by atoms with E-state index in [1.165, 1.54) is 211 Å². The fourth-order valence-corrected chi connectivity index (χ4v) is 10.3. The molecule has 0 unspecified atom stereocenters. The lowest BCUT2D eigenvalue weighted by Crippen LogP contribution is -3.00. The number of rotatable bonds is 33. The summed E-state index contributed by atoms with van der Waals surface area (Å²) >= 11 is 3.85. The zero-order valence-electron chi connectivity index (χ0n) is 35.8. The zero-order valence-corrected chi connectivity index (χ0v) is 39.6. The Labute approximate surface area is 370 Å². The molecule has 3 aromatic rings. The minimum absolute atomic E-state index is 0. The number of allylic oxidation sites excluding steroid dienone is 4. The molecule has 4 rings (SSSR count). The molecular weight excluding hydrogens is 832 g/mol. The first kappa shape index (κ1) is 48.8. The Kier molecular flexibility index (Phi) is 28.1. The summed E-state index contributed by atoms with van der Waals surface area (Å²) in [6.07, 6.45) is 50.7. The van der Waals surface area contributed by atoms with Crippen molar-refractivity contribution in [2.24, 2.45) is 0 Å². The molecule has 0 saturated heterocycles. The number of aromatic nitrogens is 1. The van der Waals surface area contributed by atoms with Gasteiger partial charge in [-0.25, -0.2) is 0 Å². The van der Waals surface area contributed by atoms with Gasteiger partial charge in [-0.15, -0.1) is 0 Å². The second-order valence-electron chi connectivity index (χ2n) is 16.2. The van der Waals surface area contributed by atoms with Crippen molar-refractivity contribution in [2.75, 3.05) is 11.4 Å². The molecule has 0 atom stereocenters. The van der Waals surface area contributed by atoms with E-state index in [0.717, 1.165) is 13.1 Å². The summed E-state index contributed by atoms with van der Waals surface area (Å²) in [6, 6.07) is 17.9. The highest BCUT2D eigenvalue weighted by Crippen LogP contribution is 2.45. The van der Waals surface area contributed by atoms with Crippen LogP contribution in [0.25, 0.3) is 16.3 Å². The minimum atomic E-state index is 0. The minimum Gasteiger partial charge on any atom is -1.00 e. The Morgan fingerprint density at radius 1 is 0.518 bits per heavy atom. The molecule has 0 fully saturated rings. The molecule has 0 N–H and O–H groups in total. The molecule has 1 aliphatic rings. The number of benzene rings is 2. The van der Waals surface area contributed by atoms with Crippen molar-refractivity contribution in [3.8, 4) is 0 Å². The molecule has 5 heteroatoms. The molecule has 0 bridgehead atoms. The second-order valence-corrected chi connectivity index (χ2v) is 18.3. The van der Waals surface area contributed by atoms with E-state index in [-0.39, 0.29) is 24.0 Å². The summed E-state index contributed by atoms with van der Waals surface area (Å²) < 4.78 is 3.95. The number of unbranched alkanes of at least 4 members (excludes halogenated alkanes) is 26. The summed E-state index contributed by atoms with van der Waals surface area (Å²) in [5, 5.41) is 2.71. The molecule has 0 spiro atoms. The van der Waals surface area contributed by atoms with E-state index in [9.17, 15) is 0 Å². The van der Waals surface area contributed by atoms with Gasteiger partial charge in [-0.1, -0.05) is 240 Å². The Balaban J connectivity index is 0.00000841. The van der Waals surface area contributed by atoms with Crippen LogP contribution in [0.2, 0.25) is 0 Å². The van der Waals surface area contributed by atoms with Gasteiger partial charge in [0.25, 0.3) is 5.01 Å². The molecule has 56 heavy (non-hydrogen) atoms. The molecule has 0 amide bonds. The highest BCUT2D eigenvalue weighted by molar-refractivity contribution is 8.03. The highest BCUT2D eigenvalue weighted by atomic mass is 127. The van der Waals surface area contributed by atoms with Crippen LogP contribution in [0.5, 0.6) is 0 Å². The third-order valence-electron chi connectivity index (χ3n) is 11.4. The maximum atomic E-state index is 2.56. The van der Waals surface area contributed by atoms with E-state index < -0.39 is 0 Å². The summed E-state index contributed by atoms with van der Waals surface area (Å²) in [5.41, 5.74) is 2.76. The largest absolute Gasteiger partial charge is 1.00 e. The van der Waals surface area contributed by atoms with E-state index in [4.69, 9.17) is 0 Å². The monoisotopic (exact) mass is 910 g/mol. The first-order chi connectivity index (χ1) is 27.3. The highest BCUT2D eigenvalue weighted by Gasteiger charge is 2.23. The number of anilines is 1. The molecule has 2 nitrogen and oxygen atoms in total. The van der Waals surface area contributed by atoms with Crippen molar-refractivity contribution in [1.29, 1.82) is 0 Å². The first-order valence-electron chi connectivity index (χ1n) is 23.3. The smallest absolute Gasteiger partial charge is 0.262 e. The van der Waals surface area contributed by atoms with Crippen LogP contribution in [0.15, 0.2) is 82.8 Å². The SMILES string of the molecule is CCCCCCCCCCCCCCCCN1\C(=C/C=C/C=C/c2sc3ccccc3[n+]2CCCCCCCCCCCCCCCC)Sc2ccccc21.[I-]. The average Bonchev–Trinajstić information content (AvgIpc) is 3.75. The van der Waals surface area contributed by atoms with E-state index in [1.54, 1.807) is 0 Å². The molecule has 0 aliphatic carbocycles. The van der Waals surface area contributed by atoms with Gasteiger partial charge in [0.05, 0.1) is 10.7 Å². The van der Waals surface area contributed by atoms with Crippen molar-refractivity contribution >= 4 is 45.1 Å². The van der Waals surface area contributed by atoms with Gasteiger partial charge >= 0.3 is 0 Å². The van der Waals surface area contributed by atoms with Gasteiger partial charge in [-0.05, 0) is 37.1 Å². The van der Waals surface area contributed by atoms with Crippen molar-refractivity contribution < 1.29 is 28.5 Å². The average molecular weight is 911 g/mol. The summed E-state index contributed by atoms with van der Waals surface area (Å²) in [7, 11) is 0. The number of hydrogen-bond donors (Lipinski definition) is 0. The van der Waals surface area contributed by atoms with Gasteiger partial charge in [-0.2, -0.15) is 4.57 Å². The van der Waals surface area contributed by atoms with Crippen LogP contribution in [-0.2, 0) is 6.54 Å². The molecule has 2 aromatic carbocycles. The van der Waals surface area contributed by atoms with Crippen LogP contribution in [0.4, 0.5) is 5.69 Å². The second kappa shape index (κ2) is 32.3. The fourth-order valence-electron chi connectivity index (χ4n) is 8.08. The van der Waals surface area contributed by atoms with Crippen molar-refractivity contribution in [3.05, 3.63) is 82.9 Å². The Morgan fingerprint density at radius 3 is 1.57 bits per heavy atom. The third-order valence-corrected chi connectivity index (χ3v) is 13.7. The molecule has 312 valence electrons. The number of halogens is 1. The van der Waals surface area contributed by atoms with Crippen LogP contribution in [0, 0.1) is 0 Å². The predicted molar refractivity (Wildman–Crippen MR) is 249 cm³/mol. The van der Waals surface area contributed by atoms with Crippen LogP contribution in [-0.4, -0.2) is 6.54 Å².